The van der Waals surface area contributed by atoms with E-state index < -0.39 is 14.4 Å². The van der Waals surface area contributed by atoms with Gasteiger partial charge < -0.3 is 0 Å². The second-order valence-corrected chi connectivity index (χ2v) is 8.55. The molecule has 1 aliphatic rings. The third-order valence-corrected chi connectivity index (χ3v) is 5.53. The Hall–Kier alpha value is -0.620. The van der Waals surface area contributed by atoms with Gasteiger partial charge in [0.1, 0.15) is 10.1 Å². The molecule has 0 radical (unpaired) electrons. The average Bonchev–Trinajstić information content (AvgIpc) is 2.47. The van der Waals surface area contributed by atoms with Crippen molar-refractivity contribution in [3.8, 4) is 0 Å². The monoisotopic (exact) mass is 335 g/mol. The van der Waals surface area contributed by atoms with Crippen molar-refractivity contribution in [3.63, 3.8) is 0 Å². The first-order valence-electron chi connectivity index (χ1n) is 6.17. The third kappa shape index (κ3) is 3.52. The highest BCUT2D eigenvalue weighted by molar-refractivity contribution is 7.89. The summed E-state index contributed by atoms with van der Waals surface area (Å²) in [5.41, 5.74) is 0.971. The lowest BCUT2D eigenvalue weighted by atomic mass is 10.2. The molecule has 0 aromatic heterocycles. The number of Topliss-reactive ketones (excluding diaryl/α,β-unsaturated/α-hetero) is 1. The van der Waals surface area contributed by atoms with Crippen LogP contribution >= 0.6 is 23.2 Å². The number of sulfonamides is 1. The number of aryl methyl sites for hydroxylation is 1. The predicted molar refractivity (Wildman–Crippen MR) is 78.6 cm³/mol. The summed E-state index contributed by atoms with van der Waals surface area (Å²) >= 11 is 12.0. The molecule has 0 aliphatic carbocycles. The Balaban J connectivity index is 2.33. The molecule has 0 saturated carbocycles. The Morgan fingerprint density at radius 1 is 1.20 bits per heavy atom. The molecule has 110 valence electrons. The van der Waals surface area contributed by atoms with Gasteiger partial charge in [-0.15, -0.1) is 0 Å². The van der Waals surface area contributed by atoms with Crippen molar-refractivity contribution in [2.75, 3.05) is 13.1 Å². The molecule has 1 fully saturated rings. The molecular weight excluding hydrogens is 321 g/mol. The molecule has 0 amide bonds. The van der Waals surface area contributed by atoms with Gasteiger partial charge in [-0.05, 0) is 19.1 Å². The van der Waals surface area contributed by atoms with Gasteiger partial charge in [0.2, 0.25) is 10.0 Å². The smallest absolute Gasteiger partial charge is 0.243 e. The first-order chi connectivity index (χ1) is 9.21. The quantitative estimate of drug-likeness (QED) is 0.780. The first kappa shape index (κ1) is 15.8. The van der Waals surface area contributed by atoms with Gasteiger partial charge in [-0.2, -0.15) is 4.31 Å². The van der Waals surface area contributed by atoms with Crippen LogP contribution in [0.15, 0.2) is 29.2 Å². The number of ketones is 1. The lowest BCUT2D eigenvalue weighted by Gasteiger charge is -2.25. The van der Waals surface area contributed by atoms with Gasteiger partial charge in [0.05, 0.1) is 4.90 Å². The summed E-state index contributed by atoms with van der Waals surface area (Å²) in [5.74, 6) is -0.128. The van der Waals surface area contributed by atoms with Crippen LogP contribution in [0.25, 0.3) is 0 Å². The van der Waals surface area contributed by atoms with Crippen LogP contribution in [0.3, 0.4) is 0 Å². The van der Waals surface area contributed by atoms with Gasteiger partial charge in [-0.25, -0.2) is 8.42 Å². The fourth-order valence-corrected chi connectivity index (χ4v) is 4.31. The molecule has 1 aliphatic heterocycles. The number of nitrogens with zero attached hydrogens (tertiary/aromatic N) is 1. The molecule has 0 spiro atoms. The molecule has 0 unspecified atom stereocenters. The minimum atomic E-state index is -3.68. The van der Waals surface area contributed by atoms with E-state index in [0.717, 1.165) is 5.56 Å². The zero-order valence-electron chi connectivity index (χ0n) is 11.0. The van der Waals surface area contributed by atoms with E-state index in [2.05, 4.69) is 0 Å². The van der Waals surface area contributed by atoms with Gasteiger partial charge in [0.25, 0.3) is 0 Å². The summed E-state index contributed by atoms with van der Waals surface area (Å²) in [7, 11) is -3.68. The van der Waals surface area contributed by atoms with E-state index in [-0.39, 0.29) is 36.6 Å². The number of carbonyl (C=O) groups is 1. The molecule has 1 aromatic rings. The standard InChI is InChI=1S/C13H15Cl2NO3S/c1-10-2-4-12(5-3-10)20(18,19)16-7-6-11(17)8-13(14,15)9-16/h2-5H,6-9H2,1H3. The van der Waals surface area contributed by atoms with E-state index in [9.17, 15) is 13.2 Å². The minimum Gasteiger partial charge on any atom is -0.300 e. The van der Waals surface area contributed by atoms with Crippen LogP contribution < -0.4 is 0 Å². The second kappa shape index (κ2) is 5.64. The van der Waals surface area contributed by atoms with Crippen molar-refractivity contribution >= 4 is 39.0 Å². The zero-order chi connectivity index (χ0) is 15.0. The number of benzene rings is 1. The number of hydrogen-bond acceptors (Lipinski definition) is 3. The van der Waals surface area contributed by atoms with Gasteiger partial charge in [0, 0.05) is 25.9 Å². The van der Waals surface area contributed by atoms with E-state index in [0.29, 0.717) is 0 Å². The van der Waals surface area contributed by atoms with E-state index in [1.54, 1.807) is 24.3 Å². The SMILES string of the molecule is Cc1ccc(S(=O)(=O)N2CCC(=O)CC(Cl)(Cl)C2)cc1. The average molecular weight is 336 g/mol. The van der Waals surface area contributed by atoms with Crippen LogP contribution in [0, 0.1) is 6.92 Å². The Kier molecular flexibility index (Phi) is 4.44. The second-order valence-electron chi connectivity index (χ2n) is 4.97. The molecule has 0 N–H and O–H groups in total. The van der Waals surface area contributed by atoms with Crippen LogP contribution in [-0.2, 0) is 14.8 Å². The topological polar surface area (TPSA) is 54.5 Å². The summed E-state index contributed by atoms with van der Waals surface area (Å²) in [6.07, 6.45) is 0.0995. The van der Waals surface area contributed by atoms with Crippen molar-refractivity contribution in [1.82, 2.24) is 4.31 Å². The molecule has 7 heteroatoms. The summed E-state index contributed by atoms with van der Waals surface area (Å²) < 4.78 is 24.9. The van der Waals surface area contributed by atoms with E-state index in [4.69, 9.17) is 23.2 Å². The van der Waals surface area contributed by atoms with Crippen molar-refractivity contribution in [2.24, 2.45) is 0 Å². The number of rotatable bonds is 2. The minimum absolute atomic E-state index is 0.0317. The van der Waals surface area contributed by atoms with Crippen molar-refractivity contribution in [1.29, 1.82) is 0 Å². The predicted octanol–water partition coefficient (Wildman–Crippen LogP) is 2.52. The van der Waals surface area contributed by atoms with Gasteiger partial charge >= 0.3 is 0 Å². The van der Waals surface area contributed by atoms with Gasteiger partial charge in [-0.3, -0.25) is 4.79 Å². The highest BCUT2D eigenvalue weighted by Gasteiger charge is 2.38. The summed E-state index contributed by atoms with van der Waals surface area (Å²) in [6, 6.07) is 6.54. The Morgan fingerprint density at radius 2 is 1.80 bits per heavy atom. The number of alkyl halides is 2. The lowest BCUT2D eigenvalue weighted by Crippen LogP contribution is -2.38. The van der Waals surface area contributed by atoms with Crippen LogP contribution in [0.5, 0.6) is 0 Å². The van der Waals surface area contributed by atoms with E-state index in [1.165, 1.54) is 4.31 Å². The zero-order valence-corrected chi connectivity index (χ0v) is 13.3. The van der Waals surface area contributed by atoms with E-state index >= 15 is 0 Å². The maximum absolute atomic E-state index is 12.5. The molecule has 0 bridgehead atoms. The van der Waals surface area contributed by atoms with Gasteiger partial charge in [-0.1, -0.05) is 40.9 Å². The molecule has 1 heterocycles. The van der Waals surface area contributed by atoms with Crippen molar-refractivity contribution in [3.05, 3.63) is 29.8 Å². The molecule has 0 atom stereocenters. The lowest BCUT2D eigenvalue weighted by molar-refractivity contribution is -0.118. The summed E-state index contributed by atoms with van der Waals surface area (Å²) in [4.78, 5) is 11.7. The highest BCUT2D eigenvalue weighted by Crippen LogP contribution is 2.32. The molecule has 20 heavy (non-hydrogen) atoms. The first-order valence-corrected chi connectivity index (χ1v) is 8.37. The molecular formula is C13H15Cl2NO3S. The maximum atomic E-state index is 12.5. The van der Waals surface area contributed by atoms with Crippen LogP contribution in [-0.4, -0.2) is 35.9 Å². The Morgan fingerprint density at radius 3 is 2.40 bits per heavy atom. The van der Waals surface area contributed by atoms with E-state index in [1.807, 2.05) is 6.92 Å². The fourth-order valence-electron chi connectivity index (χ4n) is 2.08. The number of carbonyl (C=O) groups excluding carboxylic acids is 1. The molecule has 4 nitrogen and oxygen atoms in total. The van der Waals surface area contributed by atoms with Crippen LogP contribution in [0.1, 0.15) is 18.4 Å². The normalized spacial score (nSPS) is 20.6. The van der Waals surface area contributed by atoms with Crippen molar-refractivity contribution in [2.45, 2.75) is 29.0 Å². The third-order valence-electron chi connectivity index (χ3n) is 3.16. The maximum Gasteiger partial charge on any atom is 0.243 e. The summed E-state index contributed by atoms with van der Waals surface area (Å²) in [6.45, 7) is 1.90. The number of halogens is 2. The Labute approximate surface area is 128 Å². The molecule has 1 saturated heterocycles. The largest absolute Gasteiger partial charge is 0.300 e. The fraction of sp³-hybridized carbons (Fsp3) is 0.462. The van der Waals surface area contributed by atoms with Crippen LogP contribution in [0.4, 0.5) is 0 Å². The molecule has 1 aromatic carbocycles. The summed E-state index contributed by atoms with van der Waals surface area (Å²) in [5, 5.41) is 0. The van der Waals surface area contributed by atoms with Gasteiger partial charge in [0.15, 0.2) is 0 Å². The highest BCUT2D eigenvalue weighted by atomic mass is 35.5. The number of hydrogen-bond donors (Lipinski definition) is 0. The van der Waals surface area contributed by atoms with Crippen LogP contribution in [0.2, 0.25) is 0 Å². The molecule has 2 rings (SSSR count). The Bertz CT molecular complexity index is 611. The van der Waals surface area contributed by atoms with Crippen molar-refractivity contribution < 1.29 is 13.2 Å².